The van der Waals surface area contributed by atoms with E-state index in [1.807, 2.05) is 0 Å². The highest BCUT2D eigenvalue weighted by atomic mass is 79.9. The lowest BCUT2D eigenvalue weighted by Crippen LogP contribution is -2.00. The number of benzene rings is 1. The summed E-state index contributed by atoms with van der Waals surface area (Å²) < 4.78 is 18.5. The summed E-state index contributed by atoms with van der Waals surface area (Å²) in [5.74, 6) is -0.246. The average molecular weight is 327 g/mol. The van der Waals surface area contributed by atoms with Gasteiger partial charge >= 0.3 is 5.69 Å². The van der Waals surface area contributed by atoms with Crippen LogP contribution in [0.25, 0.3) is 0 Å². The van der Waals surface area contributed by atoms with E-state index in [-0.39, 0.29) is 23.9 Å². The first-order chi connectivity index (χ1) is 9.08. The summed E-state index contributed by atoms with van der Waals surface area (Å²) in [6.45, 7) is 0.101. The van der Waals surface area contributed by atoms with Gasteiger partial charge in [0.15, 0.2) is 0 Å². The Balaban J connectivity index is 2.19. The number of halogens is 2. The van der Waals surface area contributed by atoms with Gasteiger partial charge in [0.2, 0.25) is 5.75 Å². The smallest absolute Gasteiger partial charge is 0.330 e. The highest BCUT2D eigenvalue weighted by Crippen LogP contribution is 2.34. The molecule has 0 amide bonds. The summed E-state index contributed by atoms with van der Waals surface area (Å²) in [4.78, 5) is 14.0. The summed E-state index contributed by atoms with van der Waals surface area (Å²) in [7, 11) is 0. The zero-order chi connectivity index (χ0) is 13.8. The molecule has 2 rings (SSSR count). The van der Waals surface area contributed by atoms with Crippen molar-refractivity contribution < 1.29 is 14.1 Å². The van der Waals surface area contributed by atoms with E-state index in [1.54, 1.807) is 12.1 Å². The Morgan fingerprint density at radius 2 is 2.00 bits per heavy atom. The van der Waals surface area contributed by atoms with Gasteiger partial charge in [-0.25, -0.2) is 4.39 Å². The number of nitro groups is 1. The zero-order valence-corrected chi connectivity index (χ0v) is 11.1. The molecule has 0 spiro atoms. The fraction of sp³-hybridized carbons (Fsp3) is 0.0833. The zero-order valence-electron chi connectivity index (χ0n) is 9.55. The number of hydrogen-bond donors (Lipinski definition) is 0. The minimum absolute atomic E-state index is 0.101. The fourth-order valence-electron chi connectivity index (χ4n) is 1.42. The Hall–Kier alpha value is -2.02. The molecule has 0 fully saturated rings. The second-order valence-electron chi connectivity index (χ2n) is 3.64. The van der Waals surface area contributed by atoms with Crippen LogP contribution in [-0.4, -0.2) is 9.91 Å². The van der Waals surface area contributed by atoms with Crippen molar-refractivity contribution >= 4 is 21.6 Å². The minimum atomic E-state index is -0.572. The van der Waals surface area contributed by atoms with Crippen LogP contribution in [-0.2, 0) is 6.61 Å². The van der Waals surface area contributed by atoms with E-state index >= 15 is 0 Å². The van der Waals surface area contributed by atoms with E-state index in [1.165, 1.54) is 18.3 Å². The second-order valence-corrected chi connectivity index (χ2v) is 4.50. The van der Waals surface area contributed by atoms with Crippen LogP contribution in [0.15, 0.2) is 41.1 Å². The maximum Gasteiger partial charge on any atom is 0.330 e. The van der Waals surface area contributed by atoms with Crippen molar-refractivity contribution in [3.63, 3.8) is 0 Å². The molecule has 0 aliphatic rings. The van der Waals surface area contributed by atoms with Gasteiger partial charge < -0.3 is 4.74 Å². The first kappa shape index (κ1) is 13.4. The van der Waals surface area contributed by atoms with Gasteiger partial charge in [-0.15, -0.1) is 0 Å². The lowest BCUT2D eigenvalue weighted by Gasteiger charge is -2.08. The quantitative estimate of drug-likeness (QED) is 0.637. The summed E-state index contributed by atoms with van der Waals surface area (Å²) in [6.07, 6.45) is 2.53. The average Bonchev–Trinajstić information content (AvgIpc) is 2.39. The third-order valence-electron chi connectivity index (χ3n) is 2.33. The highest BCUT2D eigenvalue weighted by Gasteiger charge is 2.18. The van der Waals surface area contributed by atoms with Crippen molar-refractivity contribution in [3.05, 3.63) is 62.6 Å². The standard InChI is InChI=1S/C12H8BrFN2O3/c13-10-5-15-6-11(16(17)18)12(10)19-7-8-1-3-9(14)4-2-8/h1-6H,7H2. The summed E-state index contributed by atoms with van der Waals surface area (Å²) >= 11 is 3.15. The number of nitrogens with zero attached hydrogens (tertiary/aromatic N) is 2. The molecule has 1 aromatic heterocycles. The largest absolute Gasteiger partial charge is 0.481 e. The molecular weight excluding hydrogens is 319 g/mol. The van der Waals surface area contributed by atoms with E-state index in [0.29, 0.717) is 10.0 Å². The third-order valence-corrected chi connectivity index (χ3v) is 2.89. The van der Waals surface area contributed by atoms with Crippen LogP contribution in [0, 0.1) is 15.9 Å². The highest BCUT2D eigenvalue weighted by molar-refractivity contribution is 9.10. The summed E-state index contributed by atoms with van der Waals surface area (Å²) in [5.41, 5.74) is 0.482. The summed E-state index contributed by atoms with van der Waals surface area (Å²) in [5, 5.41) is 10.8. The molecule has 0 saturated carbocycles. The van der Waals surface area contributed by atoms with Gasteiger partial charge in [-0.2, -0.15) is 0 Å². The van der Waals surface area contributed by atoms with Crippen LogP contribution < -0.4 is 4.74 Å². The Morgan fingerprint density at radius 3 is 2.63 bits per heavy atom. The van der Waals surface area contributed by atoms with E-state index < -0.39 is 4.92 Å². The van der Waals surface area contributed by atoms with E-state index in [0.717, 1.165) is 6.20 Å². The van der Waals surface area contributed by atoms with Gasteiger partial charge in [0.05, 0.1) is 9.40 Å². The first-order valence-electron chi connectivity index (χ1n) is 5.23. The number of rotatable bonds is 4. The van der Waals surface area contributed by atoms with E-state index in [9.17, 15) is 14.5 Å². The summed E-state index contributed by atoms with van der Waals surface area (Å²) in [6, 6.07) is 5.70. The van der Waals surface area contributed by atoms with Gasteiger partial charge in [0.1, 0.15) is 18.6 Å². The van der Waals surface area contributed by atoms with Crippen molar-refractivity contribution in [2.45, 2.75) is 6.61 Å². The molecule has 7 heteroatoms. The second kappa shape index (κ2) is 5.75. The molecule has 0 aliphatic heterocycles. The molecule has 0 unspecified atom stereocenters. The first-order valence-corrected chi connectivity index (χ1v) is 6.02. The minimum Gasteiger partial charge on any atom is -0.481 e. The normalized spacial score (nSPS) is 10.2. The number of pyridine rings is 1. The lowest BCUT2D eigenvalue weighted by atomic mass is 10.2. The molecule has 1 heterocycles. The molecule has 1 aromatic carbocycles. The Morgan fingerprint density at radius 1 is 1.32 bits per heavy atom. The molecule has 0 aliphatic carbocycles. The van der Waals surface area contributed by atoms with Crippen molar-refractivity contribution in [1.82, 2.24) is 4.98 Å². The van der Waals surface area contributed by atoms with Crippen molar-refractivity contribution in [1.29, 1.82) is 0 Å². The van der Waals surface area contributed by atoms with Crippen LogP contribution >= 0.6 is 15.9 Å². The SMILES string of the molecule is O=[N+]([O-])c1cncc(Br)c1OCc1ccc(F)cc1. The molecule has 19 heavy (non-hydrogen) atoms. The van der Waals surface area contributed by atoms with E-state index in [2.05, 4.69) is 20.9 Å². The van der Waals surface area contributed by atoms with Crippen LogP contribution in [0.2, 0.25) is 0 Å². The van der Waals surface area contributed by atoms with Gasteiger partial charge in [0.25, 0.3) is 0 Å². The lowest BCUT2D eigenvalue weighted by molar-refractivity contribution is -0.386. The fourth-order valence-corrected chi connectivity index (χ4v) is 1.86. The molecule has 0 saturated heterocycles. The van der Waals surface area contributed by atoms with Crippen molar-refractivity contribution in [2.24, 2.45) is 0 Å². The van der Waals surface area contributed by atoms with Crippen molar-refractivity contribution in [3.8, 4) is 5.75 Å². The van der Waals surface area contributed by atoms with Crippen LogP contribution in [0.3, 0.4) is 0 Å². The van der Waals surface area contributed by atoms with Gasteiger partial charge in [-0.1, -0.05) is 12.1 Å². The van der Waals surface area contributed by atoms with Gasteiger partial charge in [-0.3, -0.25) is 15.1 Å². The van der Waals surface area contributed by atoms with Crippen LogP contribution in [0.1, 0.15) is 5.56 Å². The predicted molar refractivity (Wildman–Crippen MR) is 69.3 cm³/mol. The molecule has 98 valence electrons. The number of ether oxygens (including phenoxy) is 1. The van der Waals surface area contributed by atoms with Crippen molar-refractivity contribution in [2.75, 3.05) is 0 Å². The van der Waals surface area contributed by atoms with Gasteiger partial charge in [-0.05, 0) is 33.6 Å². The molecule has 2 aromatic rings. The van der Waals surface area contributed by atoms with E-state index in [4.69, 9.17) is 4.74 Å². The molecular formula is C12H8BrFN2O3. The Labute approximate surface area is 116 Å². The molecule has 0 bridgehead atoms. The monoisotopic (exact) mass is 326 g/mol. The van der Waals surface area contributed by atoms with Gasteiger partial charge in [0, 0.05) is 6.20 Å². The van der Waals surface area contributed by atoms with Crippen LogP contribution in [0.5, 0.6) is 5.75 Å². The third kappa shape index (κ3) is 3.25. The molecule has 0 radical (unpaired) electrons. The van der Waals surface area contributed by atoms with Crippen LogP contribution in [0.4, 0.5) is 10.1 Å². The maximum atomic E-state index is 12.7. The molecule has 0 atom stereocenters. The number of aromatic nitrogens is 1. The molecule has 0 N–H and O–H groups in total. The molecule has 5 nitrogen and oxygen atoms in total. The Bertz CT molecular complexity index is 604. The topological polar surface area (TPSA) is 65.3 Å². The maximum absolute atomic E-state index is 12.7. The number of hydrogen-bond acceptors (Lipinski definition) is 4. The predicted octanol–water partition coefficient (Wildman–Crippen LogP) is 3.47. The Kier molecular flexibility index (Phi) is 4.06.